The molecule has 0 atom stereocenters. The zero-order valence-corrected chi connectivity index (χ0v) is 6.78. The van der Waals surface area contributed by atoms with Crippen LogP contribution in [-0.2, 0) is 9.53 Å². The van der Waals surface area contributed by atoms with Crippen LogP contribution in [0.15, 0.2) is 31.1 Å². The average molecular weight is 163 g/mol. The molecule has 1 aromatic heterocycles. The van der Waals surface area contributed by atoms with Crippen LogP contribution in [0.25, 0.3) is 5.57 Å². The summed E-state index contributed by atoms with van der Waals surface area (Å²) in [7, 11) is 1.32. The molecule has 0 N–H and O–H groups in total. The minimum Gasteiger partial charge on any atom is -0.465 e. The Balaban J connectivity index is 2.86. The fourth-order valence-corrected chi connectivity index (χ4v) is 0.782. The number of carbonyl (C=O) groups excluding carboxylic acids is 1. The van der Waals surface area contributed by atoms with Crippen molar-refractivity contribution in [1.29, 1.82) is 0 Å². The second-order valence-electron chi connectivity index (χ2n) is 2.21. The molecule has 0 amide bonds. The molecule has 3 heteroatoms. The van der Waals surface area contributed by atoms with Gasteiger partial charge in [0.25, 0.3) is 0 Å². The molecule has 1 heterocycles. The van der Waals surface area contributed by atoms with Gasteiger partial charge in [-0.25, -0.2) is 4.79 Å². The van der Waals surface area contributed by atoms with Crippen molar-refractivity contribution in [3.63, 3.8) is 0 Å². The van der Waals surface area contributed by atoms with E-state index in [0.29, 0.717) is 11.1 Å². The van der Waals surface area contributed by atoms with Gasteiger partial charge in [0.2, 0.25) is 0 Å². The Morgan fingerprint density at radius 1 is 1.67 bits per heavy atom. The summed E-state index contributed by atoms with van der Waals surface area (Å²) in [6, 6.07) is 3.50. The molecule has 0 saturated carbocycles. The van der Waals surface area contributed by atoms with Crippen LogP contribution < -0.4 is 0 Å². The summed E-state index contributed by atoms with van der Waals surface area (Å²) in [5, 5.41) is 0. The van der Waals surface area contributed by atoms with Gasteiger partial charge in [-0.05, 0) is 6.07 Å². The van der Waals surface area contributed by atoms with Crippen LogP contribution >= 0.6 is 0 Å². The predicted octanol–water partition coefficient (Wildman–Crippen LogP) is 1.27. The third kappa shape index (κ3) is 1.69. The minimum atomic E-state index is -0.428. The van der Waals surface area contributed by atoms with Gasteiger partial charge in [0.1, 0.15) is 0 Å². The van der Waals surface area contributed by atoms with Crippen molar-refractivity contribution in [3.05, 3.63) is 36.7 Å². The van der Waals surface area contributed by atoms with Crippen molar-refractivity contribution in [2.45, 2.75) is 0 Å². The molecule has 0 aliphatic rings. The number of esters is 1. The van der Waals surface area contributed by atoms with Crippen molar-refractivity contribution < 1.29 is 9.53 Å². The van der Waals surface area contributed by atoms with Gasteiger partial charge in [0, 0.05) is 18.0 Å². The van der Waals surface area contributed by atoms with Crippen molar-refractivity contribution >= 4 is 11.5 Å². The maximum absolute atomic E-state index is 11.0. The first-order valence-corrected chi connectivity index (χ1v) is 3.43. The van der Waals surface area contributed by atoms with Crippen molar-refractivity contribution in [2.75, 3.05) is 7.11 Å². The van der Waals surface area contributed by atoms with E-state index in [-0.39, 0.29) is 0 Å². The highest BCUT2D eigenvalue weighted by Gasteiger charge is 2.07. The fourth-order valence-electron chi connectivity index (χ4n) is 0.782. The first-order valence-electron chi connectivity index (χ1n) is 3.43. The molecule has 0 unspecified atom stereocenters. The van der Waals surface area contributed by atoms with Gasteiger partial charge in [-0.3, -0.25) is 4.98 Å². The van der Waals surface area contributed by atoms with Crippen LogP contribution in [0.5, 0.6) is 0 Å². The normalized spacial score (nSPS) is 9.08. The number of hydrogen-bond acceptors (Lipinski definition) is 3. The van der Waals surface area contributed by atoms with E-state index in [1.165, 1.54) is 7.11 Å². The first kappa shape index (κ1) is 8.46. The first-order chi connectivity index (χ1) is 5.75. The topological polar surface area (TPSA) is 39.2 Å². The summed E-state index contributed by atoms with van der Waals surface area (Å²) < 4.78 is 4.50. The number of ether oxygens (including phenoxy) is 1. The Kier molecular flexibility index (Phi) is 2.58. The lowest BCUT2D eigenvalue weighted by molar-refractivity contribution is -0.133. The van der Waals surface area contributed by atoms with E-state index < -0.39 is 5.97 Å². The molecular weight excluding hydrogens is 154 g/mol. The lowest BCUT2D eigenvalue weighted by atomic mass is 10.1. The quantitative estimate of drug-likeness (QED) is 0.486. The number of methoxy groups -OCH3 is 1. The monoisotopic (exact) mass is 163 g/mol. The van der Waals surface area contributed by atoms with Crippen LogP contribution in [0.2, 0.25) is 0 Å². The van der Waals surface area contributed by atoms with Crippen LogP contribution in [0.1, 0.15) is 5.56 Å². The molecule has 0 fully saturated rings. The van der Waals surface area contributed by atoms with E-state index in [9.17, 15) is 4.79 Å². The summed E-state index contributed by atoms with van der Waals surface area (Å²) in [5.41, 5.74) is 1.01. The van der Waals surface area contributed by atoms with E-state index in [0.717, 1.165) is 0 Å². The Morgan fingerprint density at radius 3 is 2.92 bits per heavy atom. The number of pyridine rings is 1. The molecule has 0 saturated heterocycles. The van der Waals surface area contributed by atoms with E-state index >= 15 is 0 Å². The lowest BCUT2D eigenvalue weighted by Gasteiger charge is -2.01. The lowest BCUT2D eigenvalue weighted by Crippen LogP contribution is -2.02. The predicted molar refractivity (Wildman–Crippen MR) is 45.3 cm³/mol. The second kappa shape index (κ2) is 3.67. The largest absolute Gasteiger partial charge is 0.465 e. The zero-order valence-electron chi connectivity index (χ0n) is 6.78. The van der Waals surface area contributed by atoms with Gasteiger partial charge < -0.3 is 4.74 Å². The van der Waals surface area contributed by atoms with Gasteiger partial charge in [-0.1, -0.05) is 12.6 Å². The Bertz CT molecular complexity index is 293. The highest BCUT2D eigenvalue weighted by molar-refractivity contribution is 6.15. The Morgan fingerprint density at radius 2 is 2.42 bits per heavy atom. The van der Waals surface area contributed by atoms with Crippen LogP contribution in [0.3, 0.4) is 0 Å². The molecule has 0 aliphatic heterocycles. The molecule has 0 spiro atoms. The Hall–Kier alpha value is -1.64. The summed E-state index contributed by atoms with van der Waals surface area (Å²) in [5.74, 6) is -0.428. The number of rotatable bonds is 2. The van der Waals surface area contributed by atoms with Crippen LogP contribution in [-0.4, -0.2) is 18.1 Å². The summed E-state index contributed by atoms with van der Waals surface area (Å²) in [6.45, 7) is 3.58. The average Bonchev–Trinajstić information content (AvgIpc) is 2.17. The molecule has 0 bridgehead atoms. The third-order valence-electron chi connectivity index (χ3n) is 1.44. The van der Waals surface area contributed by atoms with Crippen LogP contribution in [0.4, 0.5) is 0 Å². The van der Waals surface area contributed by atoms with Gasteiger partial charge >= 0.3 is 5.97 Å². The smallest absolute Gasteiger partial charge is 0.337 e. The van der Waals surface area contributed by atoms with Gasteiger partial charge in [-0.15, -0.1) is 0 Å². The second-order valence-corrected chi connectivity index (χ2v) is 2.21. The number of aromatic nitrogens is 1. The number of carbonyl (C=O) groups is 1. The SMILES string of the molecule is C=C(C(=O)OC)c1cccnc1. The van der Waals surface area contributed by atoms with E-state index in [4.69, 9.17) is 0 Å². The standard InChI is InChI=1S/C9H9NO2/c1-7(9(11)12-2)8-4-3-5-10-6-8/h3-6H,1H2,2H3. The van der Waals surface area contributed by atoms with Crippen molar-refractivity contribution in [2.24, 2.45) is 0 Å². The summed E-state index contributed by atoms with van der Waals surface area (Å²) >= 11 is 0. The van der Waals surface area contributed by atoms with Gasteiger partial charge in [0.05, 0.1) is 12.7 Å². The summed E-state index contributed by atoms with van der Waals surface area (Å²) in [6.07, 6.45) is 3.20. The van der Waals surface area contributed by atoms with Crippen LogP contribution in [0, 0.1) is 0 Å². The molecule has 62 valence electrons. The minimum absolute atomic E-state index is 0.325. The zero-order chi connectivity index (χ0) is 8.97. The van der Waals surface area contributed by atoms with E-state index in [1.54, 1.807) is 24.5 Å². The molecule has 3 nitrogen and oxygen atoms in total. The fraction of sp³-hybridized carbons (Fsp3) is 0.111. The molecule has 0 aromatic carbocycles. The number of hydrogen-bond donors (Lipinski definition) is 0. The van der Waals surface area contributed by atoms with Gasteiger partial charge in [-0.2, -0.15) is 0 Å². The van der Waals surface area contributed by atoms with Crippen molar-refractivity contribution in [3.8, 4) is 0 Å². The molecule has 0 aliphatic carbocycles. The van der Waals surface area contributed by atoms with Gasteiger partial charge in [0.15, 0.2) is 0 Å². The number of nitrogens with zero attached hydrogens (tertiary/aromatic N) is 1. The molecule has 1 rings (SSSR count). The Labute approximate surface area is 70.7 Å². The molecular formula is C9H9NO2. The molecule has 1 aromatic rings. The van der Waals surface area contributed by atoms with E-state index in [1.807, 2.05) is 0 Å². The third-order valence-corrected chi connectivity index (χ3v) is 1.44. The van der Waals surface area contributed by atoms with Crippen molar-refractivity contribution in [1.82, 2.24) is 4.98 Å². The maximum atomic E-state index is 11.0. The molecule has 12 heavy (non-hydrogen) atoms. The summed E-state index contributed by atoms with van der Waals surface area (Å²) in [4.78, 5) is 14.8. The molecule has 0 radical (unpaired) electrons. The highest BCUT2D eigenvalue weighted by atomic mass is 16.5. The highest BCUT2D eigenvalue weighted by Crippen LogP contribution is 2.10. The van der Waals surface area contributed by atoms with E-state index in [2.05, 4.69) is 16.3 Å². The maximum Gasteiger partial charge on any atom is 0.337 e.